The summed E-state index contributed by atoms with van der Waals surface area (Å²) in [6, 6.07) is 14.0. The third-order valence-electron chi connectivity index (χ3n) is 13.4. The quantitative estimate of drug-likeness (QED) is 0.0494. The van der Waals surface area contributed by atoms with Gasteiger partial charge in [0.1, 0.15) is 23.8 Å². The van der Waals surface area contributed by atoms with Crippen LogP contribution in [-0.2, 0) is 11.3 Å². The first-order valence-electron chi connectivity index (χ1n) is 23.1. The first-order valence-corrected chi connectivity index (χ1v) is 24.1. The average molecular weight is 849 g/mol. The number of rotatable bonds is 19. The minimum absolute atomic E-state index is 0.0229. The van der Waals surface area contributed by atoms with E-state index in [1.165, 1.54) is 57.8 Å². The molecule has 1 unspecified atom stereocenters. The highest BCUT2D eigenvalue weighted by Gasteiger charge is 2.47. The topological polar surface area (TPSA) is 106 Å². The largest absolute Gasteiger partial charge is 0.486 e. The van der Waals surface area contributed by atoms with Crippen LogP contribution in [0.15, 0.2) is 53.8 Å². The molecule has 12 heteroatoms. The maximum Gasteiger partial charge on any atom is 0.407 e. The number of likely N-dealkylation sites (tertiary alicyclic amines) is 1. The number of piperazine rings is 1. The number of aromatic nitrogens is 4. The van der Waals surface area contributed by atoms with Crippen LogP contribution >= 0.6 is 11.8 Å². The molecule has 1 amide bonds. The Balaban J connectivity index is 1.14. The standard InChI is InChI=1S/C49H61FN6O4S/c1-3-4-5-6-7-8-9-10-11-17-24-61-48-52-45-38(47(53-48)54-29-36-25-35(54)30-55(36)49(57)58)26-37(34-21-22-34)44(46(45)60-31-33-18-13-12-14-19-33)43-32(2)40(50)27-41-39(43)28-51-56(41)42-20-15-16-23-59-42/h12-14,18-19,26-28,34-36,42H,3-11,15-17,20-25,29-31H2,1-2H3,(H,57,58)/t35-,36-,42?/m0/s1. The molecule has 1 aliphatic carbocycles. The van der Waals surface area contributed by atoms with Gasteiger partial charge in [-0.3, -0.25) is 0 Å². The van der Waals surface area contributed by atoms with Crippen molar-refractivity contribution in [1.29, 1.82) is 0 Å². The molecule has 1 N–H and O–H groups in total. The van der Waals surface area contributed by atoms with Gasteiger partial charge in [0.2, 0.25) is 0 Å². The Morgan fingerprint density at radius 2 is 1.69 bits per heavy atom. The van der Waals surface area contributed by atoms with E-state index in [1.807, 2.05) is 36.0 Å². The molecule has 3 saturated heterocycles. The van der Waals surface area contributed by atoms with E-state index in [4.69, 9.17) is 24.5 Å². The first-order chi connectivity index (χ1) is 29.9. The highest BCUT2D eigenvalue weighted by Crippen LogP contribution is 2.54. The number of carbonyl (C=O) groups is 1. The van der Waals surface area contributed by atoms with Crippen LogP contribution in [-0.4, -0.2) is 73.4 Å². The van der Waals surface area contributed by atoms with Crippen LogP contribution in [0, 0.1) is 12.7 Å². The molecule has 3 atom stereocenters. The van der Waals surface area contributed by atoms with Gasteiger partial charge in [0.05, 0.1) is 23.8 Å². The van der Waals surface area contributed by atoms with Gasteiger partial charge in [-0.15, -0.1) is 0 Å². The number of unbranched alkanes of at least 4 members (excludes halogenated alkanes) is 9. The van der Waals surface area contributed by atoms with E-state index in [0.717, 1.165) is 89.5 Å². The Kier molecular flexibility index (Phi) is 13.0. The summed E-state index contributed by atoms with van der Waals surface area (Å²) in [6.07, 6.45) is 19.2. The SMILES string of the molecule is CCCCCCCCCCCCSc1nc(N2C[C@@H]3C[C@H]2CN3C(=O)O)c2cc(C3CC3)c(-c3c(C)c(F)cc4c3cnn4C3CCCCO3)c(OCc3ccccc3)c2n1. The van der Waals surface area contributed by atoms with Gasteiger partial charge < -0.3 is 24.4 Å². The predicted octanol–water partition coefficient (Wildman–Crippen LogP) is 12.2. The zero-order valence-electron chi connectivity index (χ0n) is 35.9. The number of hydrogen-bond acceptors (Lipinski definition) is 8. The van der Waals surface area contributed by atoms with Gasteiger partial charge in [-0.05, 0) is 80.5 Å². The minimum Gasteiger partial charge on any atom is -0.486 e. The number of anilines is 1. The Morgan fingerprint density at radius 3 is 2.38 bits per heavy atom. The van der Waals surface area contributed by atoms with Crippen molar-refractivity contribution in [2.45, 2.75) is 153 Å². The zero-order valence-corrected chi connectivity index (χ0v) is 36.7. The number of benzene rings is 3. The van der Waals surface area contributed by atoms with E-state index in [-0.39, 0.29) is 30.0 Å². The Bertz CT molecular complexity index is 2330. The molecule has 9 rings (SSSR count). The maximum absolute atomic E-state index is 16.5. The lowest BCUT2D eigenvalue weighted by molar-refractivity contribution is -0.0366. The molecular formula is C49H61FN6O4S. The van der Waals surface area contributed by atoms with Crippen molar-refractivity contribution in [3.05, 3.63) is 71.2 Å². The zero-order chi connectivity index (χ0) is 41.9. The molecule has 5 aromatic rings. The Hall–Kier alpha value is -4.42. The molecule has 3 aliphatic heterocycles. The second-order valence-corrected chi connectivity index (χ2v) is 18.9. The number of carboxylic acid groups (broad SMARTS) is 1. The second kappa shape index (κ2) is 18.9. The van der Waals surface area contributed by atoms with Crippen LogP contribution in [0.2, 0.25) is 0 Å². The van der Waals surface area contributed by atoms with Gasteiger partial charge in [0.25, 0.3) is 0 Å². The van der Waals surface area contributed by atoms with Crippen molar-refractivity contribution in [2.75, 3.05) is 30.3 Å². The van der Waals surface area contributed by atoms with Crippen LogP contribution in [0.25, 0.3) is 32.9 Å². The van der Waals surface area contributed by atoms with E-state index in [2.05, 4.69) is 30.0 Å². The summed E-state index contributed by atoms with van der Waals surface area (Å²) in [7, 11) is 0. The van der Waals surface area contributed by atoms with Gasteiger partial charge in [0.15, 0.2) is 17.1 Å². The summed E-state index contributed by atoms with van der Waals surface area (Å²) in [4.78, 5) is 26.8. The smallest absolute Gasteiger partial charge is 0.407 e. The summed E-state index contributed by atoms with van der Waals surface area (Å²) in [5, 5.41) is 17.3. The molecule has 5 heterocycles. The summed E-state index contributed by atoms with van der Waals surface area (Å²) >= 11 is 1.69. The molecule has 1 saturated carbocycles. The third-order valence-corrected chi connectivity index (χ3v) is 14.4. The summed E-state index contributed by atoms with van der Waals surface area (Å²) in [6.45, 7) is 6.14. The lowest BCUT2D eigenvalue weighted by Gasteiger charge is -2.34. The number of nitrogens with zero attached hydrogens (tertiary/aromatic N) is 6. The normalized spacial score (nSPS) is 20.1. The Morgan fingerprint density at radius 1 is 0.918 bits per heavy atom. The highest BCUT2D eigenvalue weighted by molar-refractivity contribution is 7.99. The number of fused-ring (bicyclic) bond motifs is 4. The number of thioether (sulfide) groups is 1. The number of ether oxygens (including phenoxy) is 2. The van der Waals surface area contributed by atoms with Crippen LogP contribution in [0.1, 0.15) is 138 Å². The lowest BCUT2D eigenvalue weighted by atomic mass is 9.88. The Labute approximate surface area is 363 Å². The van der Waals surface area contributed by atoms with Crippen molar-refractivity contribution >= 4 is 45.5 Å². The summed E-state index contributed by atoms with van der Waals surface area (Å²) in [5.74, 6) is 2.36. The second-order valence-electron chi connectivity index (χ2n) is 17.8. The van der Waals surface area contributed by atoms with Crippen LogP contribution < -0.4 is 9.64 Å². The molecule has 324 valence electrons. The van der Waals surface area contributed by atoms with Gasteiger partial charge in [-0.2, -0.15) is 5.10 Å². The minimum atomic E-state index is -0.861. The predicted molar refractivity (Wildman–Crippen MR) is 241 cm³/mol. The monoisotopic (exact) mass is 848 g/mol. The number of halogens is 1. The van der Waals surface area contributed by atoms with E-state index in [1.54, 1.807) is 22.7 Å². The average Bonchev–Trinajstić information content (AvgIpc) is 3.71. The fourth-order valence-electron chi connectivity index (χ4n) is 9.99. The van der Waals surface area contributed by atoms with Gasteiger partial charge in [-0.1, -0.05) is 107 Å². The van der Waals surface area contributed by atoms with E-state index in [0.29, 0.717) is 53.8 Å². The van der Waals surface area contributed by atoms with Crippen LogP contribution in [0.3, 0.4) is 0 Å². The molecule has 4 fully saturated rings. The molecule has 2 bridgehead atoms. The van der Waals surface area contributed by atoms with Crippen LogP contribution in [0.5, 0.6) is 5.75 Å². The molecule has 4 aliphatic rings. The molecule has 0 radical (unpaired) electrons. The fraction of sp³-hybridized carbons (Fsp3) is 0.551. The van der Waals surface area contributed by atoms with Crippen molar-refractivity contribution < 1.29 is 23.8 Å². The third kappa shape index (κ3) is 8.94. The fourth-order valence-corrected chi connectivity index (χ4v) is 10.8. The van der Waals surface area contributed by atoms with Crippen LogP contribution in [0.4, 0.5) is 15.0 Å². The van der Waals surface area contributed by atoms with E-state index in [9.17, 15) is 9.90 Å². The lowest BCUT2D eigenvalue weighted by Crippen LogP contribution is -2.48. The van der Waals surface area contributed by atoms with Crippen molar-refractivity contribution in [1.82, 2.24) is 24.6 Å². The number of amides is 1. The molecule has 61 heavy (non-hydrogen) atoms. The summed E-state index contributed by atoms with van der Waals surface area (Å²) in [5.41, 5.74) is 5.79. The van der Waals surface area contributed by atoms with Crippen molar-refractivity contribution in [3.63, 3.8) is 0 Å². The van der Waals surface area contributed by atoms with Gasteiger partial charge in [0, 0.05) is 53.4 Å². The molecular weight excluding hydrogens is 788 g/mol. The van der Waals surface area contributed by atoms with Gasteiger partial charge in [-0.25, -0.2) is 23.8 Å². The molecule has 3 aromatic carbocycles. The van der Waals surface area contributed by atoms with E-state index < -0.39 is 6.09 Å². The molecule has 0 spiro atoms. The van der Waals surface area contributed by atoms with Crippen molar-refractivity contribution in [3.8, 4) is 16.9 Å². The highest BCUT2D eigenvalue weighted by atomic mass is 32.2. The molecule has 2 aromatic heterocycles. The first kappa shape index (κ1) is 41.9. The maximum atomic E-state index is 16.5. The molecule has 10 nitrogen and oxygen atoms in total. The summed E-state index contributed by atoms with van der Waals surface area (Å²) < 4.78 is 31.6. The van der Waals surface area contributed by atoms with Gasteiger partial charge >= 0.3 is 6.09 Å². The van der Waals surface area contributed by atoms with Crippen molar-refractivity contribution in [2.24, 2.45) is 0 Å². The van der Waals surface area contributed by atoms with E-state index >= 15 is 4.39 Å². The number of hydrogen-bond donors (Lipinski definition) is 1.